The molecule has 116 valence electrons. The predicted molar refractivity (Wildman–Crippen MR) is 85.7 cm³/mol. The van der Waals surface area contributed by atoms with Gasteiger partial charge in [0.25, 0.3) is 0 Å². The van der Waals surface area contributed by atoms with E-state index in [1.165, 1.54) is 5.56 Å². The Kier molecular flexibility index (Phi) is 5.37. The molecule has 1 heterocycles. The minimum atomic E-state index is -0.121. The number of likely N-dealkylation sites (N-methyl/N-ethyl adjacent to an activating group) is 1. The molecule has 1 aromatic rings. The Hall–Kier alpha value is -1.39. The lowest BCUT2D eigenvalue weighted by atomic mass is 9.97. The summed E-state index contributed by atoms with van der Waals surface area (Å²) in [6, 6.07) is 6.27. The number of amides is 1. The summed E-state index contributed by atoms with van der Waals surface area (Å²) >= 11 is 0. The van der Waals surface area contributed by atoms with E-state index in [9.17, 15) is 4.79 Å². The van der Waals surface area contributed by atoms with Gasteiger partial charge in [-0.05, 0) is 30.5 Å². The van der Waals surface area contributed by atoms with Crippen molar-refractivity contribution in [1.82, 2.24) is 5.32 Å². The van der Waals surface area contributed by atoms with E-state index in [0.29, 0.717) is 19.1 Å². The number of aryl methyl sites for hydroxylation is 1. The molecule has 1 aliphatic heterocycles. The fourth-order valence-corrected chi connectivity index (χ4v) is 2.83. The number of carbonyl (C=O) groups excluding carboxylic acids is 1. The number of para-hydroxylation sites is 1. The van der Waals surface area contributed by atoms with E-state index in [1.807, 2.05) is 26.0 Å². The zero-order valence-corrected chi connectivity index (χ0v) is 13.4. The number of benzene rings is 1. The van der Waals surface area contributed by atoms with Gasteiger partial charge < -0.3 is 15.4 Å². The molecule has 1 aromatic carbocycles. The van der Waals surface area contributed by atoms with Gasteiger partial charge in [0.1, 0.15) is 0 Å². The fraction of sp³-hybridized carbons (Fsp3) is 0.588. The molecule has 2 rings (SSSR count). The molecule has 21 heavy (non-hydrogen) atoms. The van der Waals surface area contributed by atoms with Gasteiger partial charge >= 0.3 is 0 Å². The SMILES string of the molecule is CCNC1COCC1C(=O)Nc1c(C)cccc1C(C)C. The highest BCUT2D eigenvalue weighted by Crippen LogP contribution is 2.28. The predicted octanol–water partition coefficient (Wildman–Crippen LogP) is 2.68. The number of hydrogen-bond donors (Lipinski definition) is 2. The van der Waals surface area contributed by atoms with Crippen LogP contribution in [0.3, 0.4) is 0 Å². The summed E-state index contributed by atoms with van der Waals surface area (Å²) in [5, 5.41) is 6.46. The zero-order valence-electron chi connectivity index (χ0n) is 13.4. The van der Waals surface area contributed by atoms with Gasteiger partial charge in [-0.15, -0.1) is 0 Å². The quantitative estimate of drug-likeness (QED) is 0.876. The highest BCUT2D eigenvalue weighted by Gasteiger charge is 2.33. The van der Waals surface area contributed by atoms with Gasteiger partial charge in [-0.25, -0.2) is 0 Å². The first-order valence-corrected chi connectivity index (χ1v) is 7.76. The Morgan fingerprint density at radius 1 is 1.38 bits per heavy atom. The van der Waals surface area contributed by atoms with Crippen LogP contribution in [0.2, 0.25) is 0 Å². The van der Waals surface area contributed by atoms with Crippen LogP contribution in [-0.2, 0) is 9.53 Å². The molecule has 4 heteroatoms. The number of carbonyl (C=O) groups is 1. The van der Waals surface area contributed by atoms with Crippen LogP contribution in [0.4, 0.5) is 5.69 Å². The van der Waals surface area contributed by atoms with Crippen molar-refractivity contribution in [3.05, 3.63) is 29.3 Å². The third-order valence-electron chi connectivity index (χ3n) is 4.06. The van der Waals surface area contributed by atoms with Crippen molar-refractivity contribution in [1.29, 1.82) is 0 Å². The van der Waals surface area contributed by atoms with Gasteiger partial charge in [0.15, 0.2) is 0 Å². The van der Waals surface area contributed by atoms with Crippen LogP contribution in [0.1, 0.15) is 37.8 Å². The average Bonchev–Trinajstić information content (AvgIpc) is 2.89. The highest BCUT2D eigenvalue weighted by atomic mass is 16.5. The molecule has 0 aliphatic carbocycles. The van der Waals surface area contributed by atoms with Gasteiger partial charge in [0, 0.05) is 11.7 Å². The van der Waals surface area contributed by atoms with E-state index >= 15 is 0 Å². The van der Waals surface area contributed by atoms with Crippen molar-refractivity contribution < 1.29 is 9.53 Å². The lowest BCUT2D eigenvalue weighted by Gasteiger charge is -2.21. The van der Waals surface area contributed by atoms with Crippen LogP contribution in [0.15, 0.2) is 18.2 Å². The minimum Gasteiger partial charge on any atom is -0.379 e. The Labute approximate surface area is 127 Å². The van der Waals surface area contributed by atoms with Gasteiger partial charge in [0.2, 0.25) is 5.91 Å². The van der Waals surface area contributed by atoms with E-state index in [0.717, 1.165) is 17.8 Å². The summed E-state index contributed by atoms with van der Waals surface area (Å²) in [6.45, 7) is 10.3. The highest BCUT2D eigenvalue weighted by molar-refractivity contribution is 5.95. The van der Waals surface area contributed by atoms with Crippen LogP contribution >= 0.6 is 0 Å². The zero-order chi connectivity index (χ0) is 15.4. The molecular formula is C17H26N2O2. The number of rotatable bonds is 5. The lowest BCUT2D eigenvalue weighted by Crippen LogP contribution is -2.41. The summed E-state index contributed by atoms with van der Waals surface area (Å²) in [7, 11) is 0. The molecule has 0 bridgehead atoms. The second kappa shape index (κ2) is 7.05. The van der Waals surface area contributed by atoms with Crippen molar-refractivity contribution in [3.63, 3.8) is 0 Å². The number of hydrogen-bond acceptors (Lipinski definition) is 3. The topological polar surface area (TPSA) is 50.4 Å². The molecule has 2 N–H and O–H groups in total. The van der Waals surface area contributed by atoms with Gasteiger partial charge in [0.05, 0.1) is 19.1 Å². The Morgan fingerprint density at radius 2 is 2.14 bits per heavy atom. The largest absolute Gasteiger partial charge is 0.379 e. The number of nitrogens with one attached hydrogen (secondary N) is 2. The second-order valence-corrected chi connectivity index (χ2v) is 5.99. The summed E-state index contributed by atoms with van der Waals surface area (Å²) < 4.78 is 5.47. The second-order valence-electron chi connectivity index (χ2n) is 5.99. The smallest absolute Gasteiger partial charge is 0.231 e. The van der Waals surface area contributed by atoms with Crippen LogP contribution < -0.4 is 10.6 Å². The first kappa shape index (κ1) is 16.0. The van der Waals surface area contributed by atoms with Gasteiger partial charge in [-0.1, -0.05) is 39.0 Å². The maximum Gasteiger partial charge on any atom is 0.231 e. The molecule has 1 amide bonds. The maximum atomic E-state index is 12.6. The summed E-state index contributed by atoms with van der Waals surface area (Å²) in [5.74, 6) is 0.309. The monoisotopic (exact) mass is 290 g/mol. The molecule has 1 saturated heterocycles. The lowest BCUT2D eigenvalue weighted by molar-refractivity contribution is -0.120. The molecule has 0 saturated carbocycles. The molecule has 2 unspecified atom stereocenters. The molecule has 1 aliphatic rings. The van der Waals surface area contributed by atoms with E-state index in [1.54, 1.807) is 0 Å². The third-order valence-corrected chi connectivity index (χ3v) is 4.06. The first-order chi connectivity index (χ1) is 10.0. The van der Waals surface area contributed by atoms with Crippen molar-refractivity contribution in [3.8, 4) is 0 Å². The van der Waals surface area contributed by atoms with Crippen molar-refractivity contribution in [2.24, 2.45) is 5.92 Å². The molecule has 4 nitrogen and oxygen atoms in total. The van der Waals surface area contributed by atoms with Crippen molar-refractivity contribution in [2.75, 3.05) is 25.1 Å². The molecule has 2 atom stereocenters. The van der Waals surface area contributed by atoms with Crippen LogP contribution in [0.25, 0.3) is 0 Å². The molecule has 0 aromatic heterocycles. The van der Waals surface area contributed by atoms with Crippen molar-refractivity contribution in [2.45, 2.75) is 39.7 Å². The summed E-state index contributed by atoms with van der Waals surface area (Å²) in [4.78, 5) is 12.6. The van der Waals surface area contributed by atoms with Crippen molar-refractivity contribution >= 4 is 11.6 Å². The third kappa shape index (κ3) is 3.63. The van der Waals surface area contributed by atoms with Crippen LogP contribution in [-0.4, -0.2) is 31.7 Å². The van der Waals surface area contributed by atoms with E-state index < -0.39 is 0 Å². The molecule has 1 fully saturated rings. The molecule has 0 spiro atoms. The number of anilines is 1. The Balaban J connectivity index is 2.16. The van der Waals surface area contributed by atoms with E-state index in [2.05, 4.69) is 30.5 Å². The fourth-order valence-electron chi connectivity index (χ4n) is 2.83. The standard InChI is InChI=1S/C17H26N2O2/c1-5-18-15-10-21-9-14(15)17(20)19-16-12(4)7-6-8-13(16)11(2)3/h6-8,11,14-15,18H,5,9-10H2,1-4H3,(H,19,20). The van der Waals surface area contributed by atoms with E-state index in [-0.39, 0.29) is 17.9 Å². The first-order valence-electron chi connectivity index (χ1n) is 7.76. The minimum absolute atomic E-state index is 0.0506. The molecule has 0 radical (unpaired) electrons. The van der Waals surface area contributed by atoms with Gasteiger partial charge in [-0.2, -0.15) is 0 Å². The molecular weight excluding hydrogens is 264 g/mol. The maximum absolute atomic E-state index is 12.6. The Bertz CT molecular complexity index is 500. The van der Waals surface area contributed by atoms with E-state index in [4.69, 9.17) is 4.74 Å². The summed E-state index contributed by atoms with van der Waals surface area (Å²) in [5.41, 5.74) is 3.25. The summed E-state index contributed by atoms with van der Waals surface area (Å²) in [6.07, 6.45) is 0. The number of ether oxygens (including phenoxy) is 1. The van der Waals surface area contributed by atoms with Crippen LogP contribution in [0, 0.1) is 12.8 Å². The van der Waals surface area contributed by atoms with Gasteiger partial charge in [-0.3, -0.25) is 4.79 Å². The van der Waals surface area contributed by atoms with Crippen LogP contribution in [0.5, 0.6) is 0 Å². The Morgan fingerprint density at radius 3 is 2.81 bits per heavy atom. The normalized spacial score (nSPS) is 21.8. The average molecular weight is 290 g/mol.